The molecule has 0 N–H and O–H groups in total. The van der Waals surface area contributed by atoms with Gasteiger partial charge >= 0.3 is 0 Å². The number of benzene rings is 6. The first-order chi connectivity index (χ1) is 25.7. The number of fused-ring (bicyclic) bond motifs is 6. The molecule has 246 valence electrons. The van der Waals surface area contributed by atoms with E-state index in [1.165, 1.54) is 51.8 Å². The van der Waals surface area contributed by atoms with E-state index in [0.717, 1.165) is 40.7 Å². The van der Waals surface area contributed by atoms with Crippen molar-refractivity contribution in [3.05, 3.63) is 173 Å². The van der Waals surface area contributed by atoms with Gasteiger partial charge in [-0.3, -0.25) is 0 Å². The molecule has 1 aliphatic rings. The Balaban J connectivity index is 1.14. The summed E-state index contributed by atoms with van der Waals surface area (Å²) in [5, 5.41) is 3.76. The Morgan fingerprint density at radius 2 is 1.12 bits per heavy atom. The van der Waals surface area contributed by atoms with Gasteiger partial charge in [0.1, 0.15) is 0 Å². The second-order valence-electron chi connectivity index (χ2n) is 13.1. The third kappa shape index (κ3) is 5.55. The van der Waals surface area contributed by atoms with Gasteiger partial charge in [-0.05, 0) is 59.4 Å². The fourth-order valence-corrected chi connectivity index (χ4v) is 9.62. The van der Waals surface area contributed by atoms with Crippen LogP contribution in [0.25, 0.3) is 87.7 Å². The summed E-state index contributed by atoms with van der Waals surface area (Å²) in [7, 11) is 0. The molecule has 9 aromatic rings. The molecule has 0 aliphatic heterocycles. The average Bonchev–Trinajstić information content (AvgIpc) is 3.66. The van der Waals surface area contributed by atoms with E-state index >= 15 is 0 Å². The van der Waals surface area contributed by atoms with Gasteiger partial charge in [-0.1, -0.05) is 140 Å². The maximum atomic E-state index is 5.28. The lowest BCUT2D eigenvalue weighted by atomic mass is 9.96. The number of hydrogen-bond acceptors (Lipinski definition) is 5. The number of allylic oxidation sites excluding steroid dienone is 2. The van der Waals surface area contributed by atoms with Crippen molar-refractivity contribution in [2.24, 2.45) is 0 Å². The van der Waals surface area contributed by atoms with Crippen molar-refractivity contribution < 1.29 is 0 Å². The predicted molar refractivity (Wildman–Crippen MR) is 222 cm³/mol. The van der Waals surface area contributed by atoms with Gasteiger partial charge in [0.15, 0.2) is 17.5 Å². The topological polar surface area (TPSA) is 38.7 Å². The molecule has 52 heavy (non-hydrogen) atoms. The summed E-state index contributed by atoms with van der Waals surface area (Å²) < 4.78 is 3.69. The largest absolute Gasteiger partial charge is 0.208 e. The monoisotopic (exact) mass is 701 g/mol. The third-order valence-electron chi connectivity index (χ3n) is 9.81. The molecule has 0 unspecified atom stereocenters. The van der Waals surface area contributed by atoms with E-state index in [-0.39, 0.29) is 0 Å². The Morgan fingerprint density at radius 3 is 2.00 bits per heavy atom. The van der Waals surface area contributed by atoms with Gasteiger partial charge in [-0.15, -0.1) is 22.7 Å². The van der Waals surface area contributed by atoms with Crippen molar-refractivity contribution >= 4 is 65.1 Å². The molecule has 10 rings (SSSR count). The molecule has 0 fully saturated rings. The zero-order valence-corrected chi connectivity index (χ0v) is 29.8. The Hall–Kier alpha value is -6.01. The van der Waals surface area contributed by atoms with Crippen LogP contribution in [-0.2, 0) is 6.42 Å². The van der Waals surface area contributed by atoms with E-state index in [1.807, 2.05) is 22.7 Å². The standard InChI is InChI=1S/C47H31N3S2/c1-3-12-30(13-4-1)28-31-22-24-32(25-23-31)34-14-7-8-17-39(34)46-48-45(33-26-27-37-35-16-9-10-21-41(35)51-43(37)29-33)49-47(50-46)40-19-11-18-38-36-15-5-2-6-20-42(36)52-44(38)40/h1,3-27,29H,2,28H2. The molecule has 0 saturated carbocycles. The molecule has 0 saturated heterocycles. The highest BCUT2D eigenvalue weighted by molar-refractivity contribution is 7.25. The summed E-state index contributed by atoms with van der Waals surface area (Å²) in [5.74, 6) is 2.01. The quantitative estimate of drug-likeness (QED) is 0.173. The van der Waals surface area contributed by atoms with Gasteiger partial charge < -0.3 is 0 Å². The second kappa shape index (κ2) is 13.0. The fourth-order valence-electron chi connectivity index (χ4n) is 7.24. The maximum absolute atomic E-state index is 5.28. The van der Waals surface area contributed by atoms with Gasteiger partial charge in [0.2, 0.25) is 0 Å². The van der Waals surface area contributed by atoms with Gasteiger partial charge in [0.25, 0.3) is 0 Å². The highest BCUT2D eigenvalue weighted by Crippen LogP contribution is 2.41. The molecule has 0 amide bonds. The number of thiophene rings is 2. The smallest absolute Gasteiger partial charge is 0.165 e. The van der Waals surface area contributed by atoms with Crippen LogP contribution in [0.15, 0.2) is 152 Å². The average molecular weight is 702 g/mol. The molecule has 1 aliphatic carbocycles. The van der Waals surface area contributed by atoms with E-state index in [0.29, 0.717) is 17.5 Å². The van der Waals surface area contributed by atoms with Crippen LogP contribution < -0.4 is 0 Å². The zero-order chi connectivity index (χ0) is 34.4. The van der Waals surface area contributed by atoms with Gasteiger partial charge in [-0.25, -0.2) is 15.0 Å². The minimum absolute atomic E-state index is 0.662. The summed E-state index contributed by atoms with van der Waals surface area (Å²) in [6.45, 7) is 0. The molecule has 0 spiro atoms. The maximum Gasteiger partial charge on any atom is 0.165 e. The number of hydrogen-bond donors (Lipinski definition) is 0. The molecular weight excluding hydrogens is 671 g/mol. The van der Waals surface area contributed by atoms with Crippen LogP contribution in [0.3, 0.4) is 0 Å². The lowest BCUT2D eigenvalue weighted by Crippen LogP contribution is -2.01. The predicted octanol–water partition coefficient (Wildman–Crippen LogP) is 13.1. The first kappa shape index (κ1) is 30.8. The van der Waals surface area contributed by atoms with Crippen molar-refractivity contribution in [3.8, 4) is 45.3 Å². The molecular formula is C47H31N3S2. The fraction of sp³-hybridized carbons (Fsp3) is 0.0426. The van der Waals surface area contributed by atoms with Crippen LogP contribution in [0, 0.1) is 0 Å². The van der Waals surface area contributed by atoms with Crippen LogP contribution in [0.4, 0.5) is 0 Å². The summed E-state index contributed by atoms with van der Waals surface area (Å²) in [6.07, 6.45) is 10.8. The van der Waals surface area contributed by atoms with Crippen molar-refractivity contribution in [1.82, 2.24) is 15.0 Å². The zero-order valence-electron chi connectivity index (χ0n) is 28.2. The van der Waals surface area contributed by atoms with Gasteiger partial charge in [-0.2, -0.15) is 0 Å². The van der Waals surface area contributed by atoms with Crippen LogP contribution in [0.1, 0.15) is 28.0 Å². The summed E-state index contributed by atoms with van der Waals surface area (Å²) in [6, 6.07) is 49.7. The van der Waals surface area contributed by atoms with Crippen LogP contribution >= 0.6 is 22.7 Å². The van der Waals surface area contributed by atoms with Gasteiger partial charge in [0.05, 0.1) is 0 Å². The van der Waals surface area contributed by atoms with Crippen molar-refractivity contribution in [3.63, 3.8) is 0 Å². The first-order valence-electron chi connectivity index (χ1n) is 17.5. The lowest BCUT2D eigenvalue weighted by Gasteiger charge is -2.13. The number of aromatic nitrogens is 3. The van der Waals surface area contributed by atoms with E-state index in [4.69, 9.17) is 15.0 Å². The van der Waals surface area contributed by atoms with E-state index in [9.17, 15) is 0 Å². The molecule has 6 aromatic carbocycles. The minimum atomic E-state index is 0.662. The number of nitrogens with zero attached hydrogens (tertiary/aromatic N) is 3. The Morgan fingerprint density at radius 1 is 0.462 bits per heavy atom. The molecule has 3 heterocycles. The highest BCUT2D eigenvalue weighted by Gasteiger charge is 2.20. The third-order valence-corrected chi connectivity index (χ3v) is 12.2. The summed E-state index contributed by atoms with van der Waals surface area (Å²) in [5.41, 5.74) is 9.05. The van der Waals surface area contributed by atoms with E-state index in [1.54, 1.807) is 0 Å². The van der Waals surface area contributed by atoms with Crippen LogP contribution in [-0.4, -0.2) is 15.0 Å². The molecule has 3 nitrogen and oxygen atoms in total. The molecule has 0 bridgehead atoms. The highest BCUT2D eigenvalue weighted by atomic mass is 32.1. The van der Waals surface area contributed by atoms with Crippen molar-refractivity contribution in [1.29, 1.82) is 0 Å². The Labute approximate surface area is 310 Å². The first-order valence-corrected chi connectivity index (χ1v) is 19.2. The molecule has 5 heteroatoms. The summed E-state index contributed by atoms with van der Waals surface area (Å²) in [4.78, 5) is 17.0. The van der Waals surface area contributed by atoms with Crippen molar-refractivity contribution in [2.45, 2.75) is 12.8 Å². The molecule has 0 radical (unpaired) electrons. The van der Waals surface area contributed by atoms with Crippen LogP contribution in [0.2, 0.25) is 0 Å². The Kier molecular flexibility index (Phi) is 7.67. The second-order valence-corrected chi connectivity index (χ2v) is 15.3. The van der Waals surface area contributed by atoms with E-state index in [2.05, 4.69) is 164 Å². The normalized spacial score (nSPS) is 12.5. The minimum Gasteiger partial charge on any atom is -0.208 e. The molecule has 3 aromatic heterocycles. The van der Waals surface area contributed by atoms with Crippen LogP contribution in [0.5, 0.6) is 0 Å². The summed E-state index contributed by atoms with van der Waals surface area (Å²) >= 11 is 3.62. The molecule has 0 atom stereocenters. The SMILES string of the molecule is C1=Cc2sc3c(-c4nc(-c5ccc6c(c5)sc5ccccc56)nc(-c5ccccc5-c5ccc(Cc6ccccc6)cc5)n4)cccc3c2C=CC1. The number of rotatable bonds is 6. The van der Waals surface area contributed by atoms with Crippen molar-refractivity contribution in [2.75, 3.05) is 0 Å². The Bertz CT molecular complexity index is 2840. The van der Waals surface area contributed by atoms with E-state index < -0.39 is 0 Å². The van der Waals surface area contributed by atoms with Gasteiger partial charge in [0, 0.05) is 57.4 Å². The lowest BCUT2D eigenvalue weighted by molar-refractivity contribution is 1.08.